The predicted molar refractivity (Wildman–Crippen MR) is 110 cm³/mol. The maximum absolute atomic E-state index is 13.6. The molecule has 2 aliphatic rings. The van der Waals surface area contributed by atoms with Gasteiger partial charge in [-0.25, -0.2) is 9.67 Å². The summed E-state index contributed by atoms with van der Waals surface area (Å²) in [5.41, 5.74) is 2.16. The van der Waals surface area contributed by atoms with Crippen LogP contribution in [0.15, 0.2) is 48.7 Å². The minimum Gasteiger partial charge on any atom is -0.396 e. The highest BCUT2D eigenvalue weighted by atomic mass is 16.3. The molecule has 2 saturated heterocycles. The molecule has 5 rings (SSSR count). The van der Waals surface area contributed by atoms with Crippen molar-refractivity contribution in [1.82, 2.24) is 19.7 Å². The van der Waals surface area contributed by atoms with Crippen LogP contribution in [0.3, 0.4) is 0 Å². The van der Waals surface area contributed by atoms with Crippen LogP contribution in [0.5, 0.6) is 0 Å². The fourth-order valence-electron chi connectivity index (χ4n) is 5.42. The molecule has 2 aromatic heterocycles. The highest BCUT2D eigenvalue weighted by Crippen LogP contribution is 2.52. The van der Waals surface area contributed by atoms with E-state index in [1.807, 2.05) is 39.9 Å². The summed E-state index contributed by atoms with van der Waals surface area (Å²) >= 11 is 0. The van der Waals surface area contributed by atoms with Gasteiger partial charge in [0.05, 0.1) is 18.5 Å². The first kappa shape index (κ1) is 18.3. The van der Waals surface area contributed by atoms with Gasteiger partial charge in [-0.1, -0.05) is 37.3 Å². The summed E-state index contributed by atoms with van der Waals surface area (Å²) in [6.45, 7) is 2.83. The number of nitrogens with zero attached hydrogens (tertiary/aromatic N) is 4. The topological polar surface area (TPSA) is 71.2 Å². The van der Waals surface area contributed by atoms with E-state index in [1.165, 1.54) is 0 Å². The van der Waals surface area contributed by atoms with Crippen molar-refractivity contribution in [2.75, 3.05) is 6.61 Å². The van der Waals surface area contributed by atoms with Gasteiger partial charge in [0.1, 0.15) is 0 Å². The maximum atomic E-state index is 13.6. The summed E-state index contributed by atoms with van der Waals surface area (Å²) in [7, 11) is 0. The highest BCUT2D eigenvalue weighted by molar-refractivity contribution is 6.04. The summed E-state index contributed by atoms with van der Waals surface area (Å²) in [4.78, 5) is 20.2. The lowest BCUT2D eigenvalue weighted by Gasteiger charge is -2.34. The van der Waals surface area contributed by atoms with Crippen molar-refractivity contribution in [3.05, 3.63) is 59.9 Å². The Kier molecular flexibility index (Phi) is 4.39. The third kappa shape index (κ3) is 2.77. The lowest BCUT2D eigenvalue weighted by molar-refractivity contribution is 0.0553. The number of benzene rings is 1. The average Bonchev–Trinajstić information content (AvgIpc) is 3.44. The molecule has 1 amide bonds. The normalized spacial score (nSPS) is 25.8. The molecule has 29 heavy (non-hydrogen) atoms. The lowest BCUT2D eigenvalue weighted by atomic mass is 9.72. The third-order valence-corrected chi connectivity index (χ3v) is 6.99. The van der Waals surface area contributed by atoms with Gasteiger partial charge in [-0.05, 0) is 43.4 Å². The van der Waals surface area contributed by atoms with Gasteiger partial charge in [-0.2, -0.15) is 5.10 Å². The average molecular weight is 390 g/mol. The van der Waals surface area contributed by atoms with Crippen LogP contribution in [-0.4, -0.2) is 49.4 Å². The van der Waals surface area contributed by atoms with E-state index in [4.69, 9.17) is 5.10 Å². The highest BCUT2D eigenvalue weighted by Gasteiger charge is 2.56. The van der Waals surface area contributed by atoms with Gasteiger partial charge in [0.25, 0.3) is 5.91 Å². The zero-order valence-electron chi connectivity index (χ0n) is 16.7. The molecule has 0 saturated carbocycles. The van der Waals surface area contributed by atoms with Gasteiger partial charge in [0.15, 0.2) is 11.3 Å². The van der Waals surface area contributed by atoms with Crippen LogP contribution in [0.1, 0.15) is 48.7 Å². The van der Waals surface area contributed by atoms with Crippen molar-refractivity contribution >= 4 is 16.9 Å². The van der Waals surface area contributed by atoms with E-state index in [0.29, 0.717) is 12.2 Å². The van der Waals surface area contributed by atoms with Crippen molar-refractivity contribution in [2.45, 2.75) is 51.2 Å². The van der Waals surface area contributed by atoms with Crippen molar-refractivity contribution < 1.29 is 9.90 Å². The number of amides is 1. The molecular formula is C23H26N4O2. The molecule has 0 aliphatic carbocycles. The summed E-state index contributed by atoms with van der Waals surface area (Å²) in [6.07, 6.45) is 5.49. The first-order valence-electron chi connectivity index (χ1n) is 10.5. The minimum atomic E-state index is -0.167. The number of rotatable bonds is 5. The van der Waals surface area contributed by atoms with E-state index < -0.39 is 0 Å². The van der Waals surface area contributed by atoms with Gasteiger partial charge in [0.2, 0.25) is 0 Å². The van der Waals surface area contributed by atoms with Crippen molar-refractivity contribution in [1.29, 1.82) is 0 Å². The van der Waals surface area contributed by atoms with E-state index in [9.17, 15) is 9.90 Å². The number of hydrogen-bond donors (Lipinski definition) is 1. The van der Waals surface area contributed by atoms with Crippen LogP contribution in [0, 0.1) is 5.41 Å². The van der Waals surface area contributed by atoms with Gasteiger partial charge in [0, 0.05) is 23.7 Å². The second-order valence-electron chi connectivity index (χ2n) is 8.40. The quantitative estimate of drug-likeness (QED) is 0.726. The molecular weight excluding hydrogens is 364 g/mol. The molecule has 3 atom stereocenters. The Morgan fingerprint density at radius 3 is 2.76 bits per heavy atom. The molecule has 3 aromatic rings. The molecule has 1 aromatic carbocycles. The van der Waals surface area contributed by atoms with Gasteiger partial charge < -0.3 is 10.0 Å². The first-order valence-corrected chi connectivity index (χ1v) is 10.5. The number of hydrogen-bond acceptors (Lipinski definition) is 4. The van der Waals surface area contributed by atoms with Crippen LogP contribution in [0.25, 0.3) is 11.0 Å². The Morgan fingerprint density at radius 2 is 2.03 bits per heavy atom. The summed E-state index contributed by atoms with van der Waals surface area (Å²) in [6, 6.07) is 14.2. The molecule has 2 bridgehead atoms. The Bertz CT molecular complexity index is 1040. The van der Waals surface area contributed by atoms with Crippen molar-refractivity contribution in [3.63, 3.8) is 0 Å². The Balaban J connectivity index is 1.53. The number of carbonyl (C=O) groups excluding carboxylic acids is 1. The minimum absolute atomic E-state index is 0.0221. The monoisotopic (exact) mass is 390 g/mol. The van der Waals surface area contributed by atoms with Gasteiger partial charge >= 0.3 is 0 Å². The predicted octanol–water partition coefficient (Wildman–Crippen LogP) is 3.25. The van der Waals surface area contributed by atoms with Crippen LogP contribution < -0.4 is 0 Å². The maximum Gasteiger partial charge on any atom is 0.275 e. The second kappa shape index (κ2) is 6.95. The molecule has 2 aliphatic heterocycles. The number of carbonyl (C=O) groups is 1. The fourth-order valence-corrected chi connectivity index (χ4v) is 5.42. The molecule has 4 heterocycles. The van der Waals surface area contributed by atoms with E-state index in [1.54, 1.807) is 6.20 Å². The van der Waals surface area contributed by atoms with Crippen molar-refractivity contribution in [3.8, 4) is 0 Å². The number of aliphatic hydroxyl groups excluding tert-OH is 1. The molecule has 1 N–H and O–H groups in total. The smallest absolute Gasteiger partial charge is 0.275 e. The fraction of sp³-hybridized carbons (Fsp3) is 0.435. The standard InChI is InChI=1S/C23H26N4O2/c1-2-23(15-28)13-17-10-11-19(23)27(17)22(29)20-18-9-6-12-24-21(18)26(25-20)14-16-7-4-3-5-8-16/h3-9,12,17,19,28H,2,10-11,13-15H2,1H3/t17-,19+,23-/m0/s1. The van der Waals surface area contributed by atoms with Crippen LogP contribution >= 0.6 is 0 Å². The number of pyridine rings is 1. The molecule has 6 nitrogen and oxygen atoms in total. The number of fused-ring (bicyclic) bond motifs is 3. The summed E-state index contributed by atoms with van der Waals surface area (Å²) < 4.78 is 1.83. The van der Waals surface area contributed by atoms with Crippen LogP contribution in [-0.2, 0) is 6.54 Å². The SMILES string of the molecule is CC[C@@]1(CO)C[C@@H]2CC[C@H]1N2C(=O)c1nn(Cc2ccccc2)c2ncccc12. The Hall–Kier alpha value is -2.73. The van der Waals surface area contributed by atoms with Crippen molar-refractivity contribution in [2.24, 2.45) is 5.41 Å². The summed E-state index contributed by atoms with van der Waals surface area (Å²) in [5.74, 6) is -0.0221. The Morgan fingerprint density at radius 1 is 1.21 bits per heavy atom. The molecule has 0 unspecified atom stereocenters. The Labute approximate surface area is 170 Å². The lowest BCUT2D eigenvalue weighted by Crippen LogP contribution is -2.42. The zero-order valence-corrected chi connectivity index (χ0v) is 16.7. The second-order valence-corrected chi connectivity index (χ2v) is 8.40. The number of aliphatic hydroxyl groups is 1. The molecule has 0 radical (unpaired) electrons. The summed E-state index contributed by atoms with van der Waals surface area (Å²) in [5, 5.41) is 15.6. The first-order chi connectivity index (χ1) is 14.2. The molecule has 6 heteroatoms. The van der Waals surface area contributed by atoms with Crippen LogP contribution in [0.4, 0.5) is 0 Å². The third-order valence-electron chi connectivity index (χ3n) is 6.99. The molecule has 0 spiro atoms. The van der Waals surface area contributed by atoms with Crippen LogP contribution in [0.2, 0.25) is 0 Å². The molecule has 2 fully saturated rings. The van der Waals surface area contributed by atoms with Gasteiger partial charge in [-0.3, -0.25) is 4.79 Å². The van der Waals surface area contributed by atoms with Gasteiger partial charge in [-0.15, -0.1) is 0 Å². The van der Waals surface area contributed by atoms with E-state index in [0.717, 1.165) is 42.3 Å². The number of aromatic nitrogens is 3. The van der Waals surface area contributed by atoms with E-state index in [2.05, 4.69) is 24.0 Å². The van der Waals surface area contributed by atoms with E-state index >= 15 is 0 Å². The largest absolute Gasteiger partial charge is 0.396 e. The molecule has 150 valence electrons. The van der Waals surface area contributed by atoms with E-state index in [-0.39, 0.29) is 30.0 Å². The zero-order chi connectivity index (χ0) is 20.0.